The van der Waals surface area contributed by atoms with Crippen LogP contribution in [0.15, 0.2) is 0 Å². The van der Waals surface area contributed by atoms with Crippen LogP contribution in [0.25, 0.3) is 0 Å². The lowest BCUT2D eigenvalue weighted by Crippen LogP contribution is -2.45. The normalized spacial score (nSPS) is 10.1. The Bertz CT molecular complexity index is 191. The van der Waals surface area contributed by atoms with Crippen LogP contribution < -0.4 is 0 Å². The van der Waals surface area contributed by atoms with E-state index in [0.717, 1.165) is 13.1 Å². The Morgan fingerprint density at radius 1 is 0.875 bits per heavy atom. The van der Waals surface area contributed by atoms with E-state index in [1.54, 1.807) is 0 Å². The molecule has 16 heavy (non-hydrogen) atoms. The highest BCUT2D eigenvalue weighted by atomic mass is 15.4. The average molecular weight is 228 g/mol. The van der Waals surface area contributed by atoms with Gasteiger partial charge in [0, 0.05) is 0 Å². The van der Waals surface area contributed by atoms with Gasteiger partial charge in [-0.3, -0.25) is 14.4 Å². The zero-order valence-electron chi connectivity index (χ0n) is 12.1. The Kier molecular flexibility index (Phi) is 8.04. The van der Waals surface area contributed by atoms with Gasteiger partial charge in [-0.25, -0.2) is 0 Å². The van der Waals surface area contributed by atoms with Crippen LogP contribution in [0.3, 0.4) is 0 Å². The molecule has 0 aliphatic rings. The van der Waals surface area contributed by atoms with Crippen molar-refractivity contribution in [1.29, 1.82) is 0 Å². The Labute approximate surface area is 102 Å². The number of unbranched alkanes of at least 4 members (excludes halogenated alkanes) is 2. The van der Waals surface area contributed by atoms with Crippen molar-refractivity contribution in [3.63, 3.8) is 0 Å². The molecule has 0 radical (unpaired) electrons. The van der Waals surface area contributed by atoms with Gasteiger partial charge >= 0.3 is 5.96 Å². The van der Waals surface area contributed by atoms with E-state index in [9.17, 15) is 0 Å². The molecule has 3 heteroatoms. The Morgan fingerprint density at radius 3 is 1.50 bits per heavy atom. The molecule has 96 valence electrons. The molecule has 0 unspecified atom stereocenters. The van der Waals surface area contributed by atoms with E-state index in [2.05, 4.69) is 56.4 Å². The lowest BCUT2D eigenvalue weighted by Gasteiger charge is -2.23. The number of guanidine groups is 1. The number of hydrogen-bond acceptors (Lipinski definition) is 0. The summed E-state index contributed by atoms with van der Waals surface area (Å²) in [6, 6.07) is 0. The highest BCUT2D eigenvalue weighted by molar-refractivity contribution is 5.74. The van der Waals surface area contributed by atoms with Gasteiger partial charge in [-0.15, -0.1) is 0 Å². The second-order valence-electron chi connectivity index (χ2n) is 4.74. The molecule has 0 fully saturated rings. The molecule has 0 aliphatic heterocycles. The number of rotatable bonds is 6. The largest absolute Gasteiger partial charge is 0.349 e. The summed E-state index contributed by atoms with van der Waals surface area (Å²) in [5.41, 5.74) is 0. The highest BCUT2D eigenvalue weighted by Crippen LogP contribution is 1.99. The summed E-state index contributed by atoms with van der Waals surface area (Å²) in [5, 5.41) is 0. The van der Waals surface area contributed by atoms with Crippen LogP contribution in [0.2, 0.25) is 0 Å². The molecular formula is C13H30N3+. The van der Waals surface area contributed by atoms with Crippen LogP contribution in [0.5, 0.6) is 0 Å². The molecule has 0 saturated carbocycles. The Balaban J connectivity index is 4.43. The SMILES string of the molecule is CCCCN(C)C(N(C)CCCC)=[N+](C)C. The first kappa shape index (κ1) is 15.3. The molecule has 0 spiro atoms. The van der Waals surface area contributed by atoms with Gasteiger partial charge in [0.05, 0.1) is 41.3 Å². The summed E-state index contributed by atoms with van der Waals surface area (Å²) in [6.07, 6.45) is 5.03. The van der Waals surface area contributed by atoms with Crippen molar-refractivity contribution in [3.8, 4) is 0 Å². The molecule has 0 aliphatic carbocycles. The summed E-state index contributed by atoms with van der Waals surface area (Å²) in [7, 11) is 8.63. The van der Waals surface area contributed by atoms with Crippen molar-refractivity contribution >= 4 is 5.96 Å². The molecule has 3 nitrogen and oxygen atoms in total. The predicted octanol–water partition coefficient (Wildman–Crippen LogP) is 2.08. The first-order valence-electron chi connectivity index (χ1n) is 6.51. The van der Waals surface area contributed by atoms with Crippen molar-refractivity contribution < 1.29 is 4.58 Å². The maximum Gasteiger partial charge on any atom is 0.349 e. The van der Waals surface area contributed by atoms with Crippen LogP contribution in [0.1, 0.15) is 39.5 Å². The molecule has 0 aromatic rings. The molecule has 0 heterocycles. The summed E-state index contributed by atoms with van der Waals surface area (Å²) in [4.78, 5) is 4.72. The van der Waals surface area contributed by atoms with Gasteiger partial charge in [-0.2, -0.15) is 0 Å². The summed E-state index contributed by atoms with van der Waals surface area (Å²) in [5.74, 6) is 1.32. The van der Waals surface area contributed by atoms with Gasteiger partial charge in [0.1, 0.15) is 0 Å². The van der Waals surface area contributed by atoms with E-state index >= 15 is 0 Å². The third kappa shape index (κ3) is 5.38. The minimum absolute atomic E-state index is 1.14. The second-order valence-corrected chi connectivity index (χ2v) is 4.74. The van der Waals surface area contributed by atoms with Gasteiger partial charge in [0.25, 0.3) is 0 Å². The number of hydrogen-bond donors (Lipinski definition) is 0. The fourth-order valence-corrected chi connectivity index (χ4v) is 1.96. The van der Waals surface area contributed by atoms with Gasteiger partial charge in [0.2, 0.25) is 0 Å². The third-order valence-electron chi connectivity index (χ3n) is 2.78. The second kappa shape index (κ2) is 8.43. The van der Waals surface area contributed by atoms with Crippen molar-refractivity contribution in [2.75, 3.05) is 41.3 Å². The summed E-state index contributed by atoms with van der Waals surface area (Å²) < 4.78 is 2.21. The lowest BCUT2D eigenvalue weighted by molar-refractivity contribution is -0.476. The monoisotopic (exact) mass is 228 g/mol. The summed E-state index contributed by atoms with van der Waals surface area (Å²) in [6.45, 7) is 6.76. The maximum absolute atomic E-state index is 2.36. The fraction of sp³-hybridized carbons (Fsp3) is 0.923. The van der Waals surface area contributed by atoms with Crippen molar-refractivity contribution in [3.05, 3.63) is 0 Å². The minimum Gasteiger partial charge on any atom is -0.270 e. The van der Waals surface area contributed by atoms with Crippen LogP contribution in [0, 0.1) is 0 Å². The van der Waals surface area contributed by atoms with E-state index in [-0.39, 0.29) is 0 Å². The van der Waals surface area contributed by atoms with Crippen LogP contribution >= 0.6 is 0 Å². The quantitative estimate of drug-likeness (QED) is 0.391. The maximum atomic E-state index is 2.36. The lowest BCUT2D eigenvalue weighted by atomic mass is 10.3. The average Bonchev–Trinajstić information content (AvgIpc) is 2.23. The molecule has 0 N–H and O–H groups in total. The highest BCUT2D eigenvalue weighted by Gasteiger charge is 2.19. The van der Waals surface area contributed by atoms with Crippen molar-refractivity contribution in [2.24, 2.45) is 0 Å². The van der Waals surface area contributed by atoms with Gasteiger partial charge in [0.15, 0.2) is 0 Å². The first-order valence-corrected chi connectivity index (χ1v) is 6.51. The standard InChI is InChI=1S/C13H30N3/c1-7-9-11-15(5)13(14(3)4)16(6)12-10-8-2/h7-12H2,1-6H3/q+1. The fourth-order valence-electron chi connectivity index (χ4n) is 1.96. The molecule has 0 bridgehead atoms. The van der Waals surface area contributed by atoms with E-state index in [1.165, 1.54) is 31.6 Å². The van der Waals surface area contributed by atoms with Crippen molar-refractivity contribution in [2.45, 2.75) is 39.5 Å². The molecule has 0 atom stereocenters. The summed E-state index contributed by atoms with van der Waals surface area (Å²) >= 11 is 0. The van der Waals surface area contributed by atoms with E-state index < -0.39 is 0 Å². The minimum atomic E-state index is 1.14. The molecule has 0 saturated heterocycles. The van der Waals surface area contributed by atoms with Crippen molar-refractivity contribution in [1.82, 2.24) is 9.80 Å². The van der Waals surface area contributed by atoms with E-state index in [1.807, 2.05) is 0 Å². The molecule has 0 amide bonds. The Hall–Kier alpha value is -0.730. The molecule has 0 aromatic carbocycles. The van der Waals surface area contributed by atoms with Crippen LogP contribution in [-0.2, 0) is 0 Å². The van der Waals surface area contributed by atoms with Gasteiger partial charge in [-0.05, 0) is 12.8 Å². The third-order valence-corrected chi connectivity index (χ3v) is 2.78. The predicted molar refractivity (Wildman–Crippen MR) is 72.2 cm³/mol. The first-order chi connectivity index (χ1) is 7.54. The molecular weight excluding hydrogens is 198 g/mol. The molecule has 0 aromatic heterocycles. The van der Waals surface area contributed by atoms with E-state index in [4.69, 9.17) is 0 Å². The van der Waals surface area contributed by atoms with Crippen LogP contribution in [0.4, 0.5) is 0 Å². The topological polar surface area (TPSA) is 9.49 Å². The Morgan fingerprint density at radius 2 is 1.25 bits per heavy atom. The smallest absolute Gasteiger partial charge is 0.270 e. The van der Waals surface area contributed by atoms with Gasteiger partial charge < -0.3 is 0 Å². The zero-order chi connectivity index (χ0) is 12.6. The van der Waals surface area contributed by atoms with E-state index in [0.29, 0.717) is 0 Å². The van der Waals surface area contributed by atoms with Crippen LogP contribution in [-0.4, -0.2) is 61.6 Å². The zero-order valence-corrected chi connectivity index (χ0v) is 12.1. The number of nitrogens with zero attached hydrogens (tertiary/aromatic N) is 3. The van der Waals surface area contributed by atoms with Gasteiger partial charge in [-0.1, -0.05) is 26.7 Å². The molecule has 0 rings (SSSR count).